The van der Waals surface area contributed by atoms with Gasteiger partial charge in [-0.15, -0.1) is 0 Å². The summed E-state index contributed by atoms with van der Waals surface area (Å²) in [7, 11) is 0. The number of carboxylic acids is 1. The van der Waals surface area contributed by atoms with E-state index in [9.17, 15) is 20.0 Å². The number of ether oxygens (including phenoxy) is 3. The number of hydrogen-bond donors (Lipinski definition) is 2. The second-order valence-corrected chi connectivity index (χ2v) is 9.44. The largest absolute Gasteiger partial charge is 0.493 e. The first kappa shape index (κ1) is 24.9. The molecule has 1 amide bonds. The van der Waals surface area contributed by atoms with Crippen molar-refractivity contribution in [2.75, 3.05) is 18.5 Å². The van der Waals surface area contributed by atoms with Crippen LogP contribution in [0.5, 0.6) is 23.0 Å². The summed E-state index contributed by atoms with van der Waals surface area (Å²) in [6, 6.07) is 23.0. The molecular formula is C31H23N3O6. The summed E-state index contributed by atoms with van der Waals surface area (Å²) in [5, 5.41) is 22.0. The van der Waals surface area contributed by atoms with Crippen LogP contribution in [0.1, 0.15) is 39.4 Å². The van der Waals surface area contributed by atoms with E-state index in [1.165, 1.54) is 12.1 Å². The van der Waals surface area contributed by atoms with Crippen LogP contribution < -0.4 is 19.5 Å². The van der Waals surface area contributed by atoms with Crippen molar-refractivity contribution in [2.24, 2.45) is 0 Å². The Balaban J connectivity index is 1.16. The van der Waals surface area contributed by atoms with E-state index in [1.807, 2.05) is 24.3 Å². The van der Waals surface area contributed by atoms with Crippen LogP contribution in [0.25, 0.3) is 11.3 Å². The lowest BCUT2D eigenvalue weighted by molar-refractivity contribution is -0.139. The zero-order valence-corrected chi connectivity index (χ0v) is 21.2. The number of fused-ring (bicyclic) bond motifs is 2. The first-order chi connectivity index (χ1) is 19.5. The molecule has 0 aliphatic carbocycles. The van der Waals surface area contributed by atoms with Crippen LogP contribution in [0.4, 0.5) is 5.82 Å². The van der Waals surface area contributed by atoms with Gasteiger partial charge in [0.25, 0.3) is 5.91 Å². The summed E-state index contributed by atoms with van der Waals surface area (Å²) in [4.78, 5) is 29.1. The standard InChI is InChI=1S/C31H23N3O6/c32-17-21-15-24-23(31(36)37)11-13-39-28(24)16-27(21)40-22-7-4-18(5-8-22)30(35)34-29-3-1-2-25(33-29)19-6-9-26-20(14-19)10-12-38-26/h1-9,14-16,23H,10-13H2,(H,36,37)(H,33,34,35). The van der Waals surface area contributed by atoms with Crippen molar-refractivity contribution in [3.63, 3.8) is 0 Å². The average Bonchev–Trinajstić information content (AvgIpc) is 3.45. The number of benzene rings is 3. The molecule has 0 spiro atoms. The molecule has 198 valence electrons. The number of nitrogens with one attached hydrogen (secondary N) is 1. The van der Waals surface area contributed by atoms with Gasteiger partial charge in [-0.25, -0.2) is 4.98 Å². The summed E-state index contributed by atoms with van der Waals surface area (Å²) in [6.45, 7) is 0.944. The Kier molecular flexibility index (Phi) is 6.50. The highest BCUT2D eigenvalue weighted by atomic mass is 16.5. The highest BCUT2D eigenvalue weighted by Gasteiger charge is 2.29. The Hall–Kier alpha value is -5.36. The lowest BCUT2D eigenvalue weighted by Crippen LogP contribution is -2.21. The van der Waals surface area contributed by atoms with Crippen LogP contribution in [0.2, 0.25) is 0 Å². The number of carboxylic acid groups (broad SMARTS) is 1. The minimum Gasteiger partial charge on any atom is -0.493 e. The van der Waals surface area contributed by atoms with Crippen molar-refractivity contribution in [3.05, 3.63) is 95.1 Å². The topological polar surface area (TPSA) is 131 Å². The van der Waals surface area contributed by atoms with Crippen molar-refractivity contribution in [2.45, 2.75) is 18.8 Å². The molecule has 9 nitrogen and oxygen atoms in total. The Labute approximate surface area is 229 Å². The number of hydrogen-bond acceptors (Lipinski definition) is 7. The maximum absolute atomic E-state index is 12.9. The Bertz CT molecular complexity index is 1680. The van der Waals surface area contributed by atoms with E-state index in [4.69, 9.17) is 14.2 Å². The predicted molar refractivity (Wildman–Crippen MR) is 145 cm³/mol. The van der Waals surface area contributed by atoms with Gasteiger partial charge in [-0.2, -0.15) is 5.26 Å². The van der Waals surface area contributed by atoms with Gasteiger partial charge in [0.1, 0.15) is 34.9 Å². The molecular weight excluding hydrogens is 510 g/mol. The molecule has 2 aliphatic heterocycles. The molecule has 1 aromatic heterocycles. The van der Waals surface area contributed by atoms with Crippen molar-refractivity contribution >= 4 is 17.7 Å². The van der Waals surface area contributed by atoms with Crippen molar-refractivity contribution < 1.29 is 28.9 Å². The molecule has 40 heavy (non-hydrogen) atoms. The number of carbonyl (C=O) groups excluding carboxylic acids is 1. The van der Waals surface area contributed by atoms with Gasteiger partial charge in [0, 0.05) is 29.2 Å². The van der Waals surface area contributed by atoms with Crippen molar-refractivity contribution in [3.8, 4) is 40.3 Å². The van der Waals surface area contributed by atoms with Crippen LogP contribution in [0.15, 0.2) is 72.8 Å². The maximum Gasteiger partial charge on any atom is 0.311 e. The first-order valence-corrected chi connectivity index (χ1v) is 12.7. The molecule has 2 aliphatic rings. The zero-order valence-electron chi connectivity index (χ0n) is 21.2. The van der Waals surface area contributed by atoms with Crippen LogP contribution in [-0.2, 0) is 11.2 Å². The fourth-order valence-electron chi connectivity index (χ4n) is 4.85. The van der Waals surface area contributed by atoms with E-state index in [-0.39, 0.29) is 23.8 Å². The number of anilines is 1. The Morgan fingerprint density at radius 3 is 2.62 bits per heavy atom. The minimum atomic E-state index is -0.962. The monoisotopic (exact) mass is 533 g/mol. The van der Waals surface area contributed by atoms with E-state index in [1.54, 1.807) is 30.3 Å². The lowest BCUT2D eigenvalue weighted by atomic mass is 9.91. The lowest BCUT2D eigenvalue weighted by Gasteiger charge is -2.24. The fourth-order valence-corrected chi connectivity index (χ4v) is 4.85. The molecule has 0 fully saturated rings. The Morgan fingerprint density at radius 1 is 1.00 bits per heavy atom. The summed E-state index contributed by atoms with van der Waals surface area (Å²) >= 11 is 0. The molecule has 0 saturated carbocycles. The molecule has 6 rings (SSSR count). The predicted octanol–water partition coefficient (Wildman–Crippen LogP) is 5.55. The molecule has 3 aromatic carbocycles. The number of amides is 1. The maximum atomic E-state index is 12.9. The molecule has 0 saturated heterocycles. The molecule has 0 radical (unpaired) electrons. The molecule has 1 atom stereocenters. The van der Waals surface area contributed by atoms with Crippen molar-refractivity contribution in [1.82, 2.24) is 4.98 Å². The average molecular weight is 534 g/mol. The molecule has 4 aromatic rings. The number of aliphatic carboxylic acids is 1. The highest BCUT2D eigenvalue weighted by Crippen LogP contribution is 2.40. The molecule has 3 heterocycles. The van der Waals surface area contributed by atoms with Gasteiger partial charge in [-0.05, 0) is 72.6 Å². The van der Waals surface area contributed by atoms with Gasteiger partial charge in [0.05, 0.1) is 30.4 Å². The van der Waals surface area contributed by atoms with Gasteiger partial charge in [-0.1, -0.05) is 6.07 Å². The number of rotatable bonds is 6. The van der Waals surface area contributed by atoms with Crippen LogP contribution in [0.3, 0.4) is 0 Å². The SMILES string of the molecule is N#Cc1cc2c(cc1Oc1ccc(C(=O)Nc3cccc(-c4ccc5c(c4)CCO5)n3)cc1)OCCC2C(=O)O. The minimum absolute atomic E-state index is 0.194. The second kappa shape index (κ2) is 10.4. The normalized spacial score (nSPS) is 15.0. The number of carbonyl (C=O) groups is 2. The number of pyridine rings is 1. The van der Waals surface area contributed by atoms with E-state index >= 15 is 0 Å². The van der Waals surface area contributed by atoms with E-state index < -0.39 is 11.9 Å². The van der Waals surface area contributed by atoms with Crippen LogP contribution >= 0.6 is 0 Å². The van der Waals surface area contributed by atoms with E-state index in [0.29, 0.717) is 41.5 Å². The van der Waals surface area contributed by atoms with E-state index in [2.05, 4.69) is 22.4 Å². The molecule has 2 N–H and O–H groups in total. The van der Waals surface area contributed by atoms with Gasteiger partial charge in [-0.3, -0.25) is 9.59 Å². The third-order valence-electron chi connectivity index (χ3n) is 6.89. The fraction of sp³-hybridized carbons (Fsp3) is 0.161. The van der Waals surface area contributed by atoms with Gasteiger partial charge in [0.2, 0.25) is 0 Å². The third-order valence-corrected chi connectivity index (χ3v) is 6.89. The number of aromatic nitrogens is 1. The Morgan fingerprint density at radius 2 is 1.82 bits per heavy atom. The summed E-state index contributed by atoms with van der Waals surface area (Å²) in [5.41, 5.74) is 3.88. The quantitative estimate of drug-likeness (QED) is 0.330. The summed E-state index contributed by atoms with van der Waals surface area (Å²) in [6.07, 6.45) is 1.20. The van der Waals surface area contributed by atoms with E-state index in [0.717, 1.165) is 29.0 Å². The molecule has 9 heteroatoms. The molecule has 0 bridgehead atoms. The molecule has 1 unspecified atom stereocenters. The highest BCUT2D eigenvalue weighted by molar-refractivity contribution is 6.03. The van der Waals surface area contributed by atoms with Crippen LogP contribution in [0, 0.1) is 11.3 Å². The summed E-state index contributed by atoms with van der Waals surface area (Å²) < 4.78 is 17.1. The van der Waals surface area contributed by atoms with Crippen molar-refractivity contribution in [1.29, 1.82) is 5.26 Å². The summed E-state index contributed by atoms with van der Waals surface area (Å²) in [5.74, 6) is 0.313. The van der Waals surface area contributed by atoms with Crippen LogP contribution in [-0.4, -0.2) is 35.2 Å². The van der Waals surface area contributed by atoms with Gasteiger partial charge < -0.3 is 24.6 Å². The third kappa shape index (κ3) is 4.90. The first-order valence-electron chi connectivity index (χ1n) is 12.7. The van der Waals surface area contributed by atoms with Gasteiger partial charge >= 0.3 is 5.97 Å². The second-order valence-electron chi connectivity index (χ2n) is 9.44. The number of nitriles is 1. The van der Waals surface area contributed by atoms with Gasteiger partial charge in [0.15, 0.2) is 0 Å². The zero-order chi connectivity index (χ0) is 27.6. The smallest absolute Gasteiger partial charge is 0.311 e. The number of nitrogens with zero attached hydrogens (tertiary/aromatic N) is 2.